The van der Waals surface area contributed by atoms with Crippen molar-refractivity contribution in [3.05, 3.63) is 29.8 Å². The van der Waals surface area contributed by atoms with E-state index in [1.165, 1.54) is 24.3 Å². The lowest BCUT2D eigenvalue weighted by Gasteiger charge is -2.23. The molecule has 22 heavy (non-hydrogen) atoms. The molecule has 122 valence electrons. The molecule has 0 unspecified atom stereocenters. The Kier molecular flexibility index (Phi) is 5.24. The fraction of sp³-hybridized carbons (Fsp3) is 0.562. The first-order chi connectivity index (χ1) is 10.4. The number of carbonyl (C=O) groups is 1. The van der Waals surface area contributed by atoms with E-state index < -0.39 is 16.0 Å². The van der Waals surface area contributed by atoms with Crippen molar-refractivity contribution in [3.8, 4) is 0 Å². The highest BCUT2D eigenvalue weighted by atomic mass is 32.2. The topological polar surface area (TPSA) is 63.7 Å². The van der Waals surface area contributed by atoms with Crippen LogP contribution in [-0.4, -0.2) is 37.9 Å². The Bertz CT molecular complexity index is 618. The van der Waals surface area contributed by atoms with Crippen molar-refractivity contribution in [3.63, 3.8) is 0 Å². The summed E-state index contributed by atoms with van der Waals surface area (Å²) in [5.74, 6) is -0.165. The molecular formula is C16H23NO4S. The summed E-state index contributed by atoms with van der Waals surface area (Å²) in [6.45, 7) is 6.56. The first-order valence-electron chi connectivity index (χ1n) is 7.65. The summed E-state index contributed by atoms with van der Waals surface area (Å²) in [6, 6.07) is 6.10. The number of esters is 1. The van der Waals surface area contributed by atoms with Gasteiger partial charge >= 0.3 is 5.97 Å². The fourth-order valence-electron chi connectivity index (χ4n) is 2.28. The summed E-state index contributed by atoms with van der Waals surface area (Å²) < 4.78 is 32.0. The van der Waals surface area contributed by atoms with Crippen molar-refractivity contribution >= 4 is 16.0 Å². The van der Waals surface area contributed by atoms with Crippen LogP contribution in [0.3, 0.4) is 0 Å². The molecule has 1 aromatic carbocycles. The van der Waals surface area contributed by atoms with Gasteiger partial charge in [-0.2, -0.15) is 4.31 Å². The second-order valence-corrected chi connectivity index (χ2v) is 7.84. The molecular weight excluding hydrogens is 302 g/mol. The van der Waals surface area contributed by atoms with Crippen molar-refractivity contribution in [1.82, 2.24) is 4.31 Å². The van der Waals surface area contributed by atoms with Crippen molar-refractivity contribution < 1.29 is 17.9 Å². The van der Waals surface area contributed by atoms with E-state index in [4.69, 9.17) is 4.74 Å². The van der Waals surface area contributed by atoms with E-state index in [1.807, 2.05) is 13.8 Å². The van der Waals surface area contributed by atoms with E-state index in [2.05, 4.69) is 0 Å². The molecule has 1 fully saturated rings. The van der Waals surface area contributed by atoms with Crippen LogP contribution in [0, 0.1) is 5.92 Å². The number of sulfonamides is 1. The zero-order chi connectivity index (χ0) is 16.3. The van der Waals surface area contributed by atoms with E-state index in [1.54, 1.807) is 11.2 Å². The molecule has 0 atom stereocenters. The normalized spacial score (nSPS) is 15.3. The maximum Gasteiger partial charge on any atom is 0.338 e. The largest absolute Gasteiger partial charge is 0.462 e. The van der Waals surface area contributed by atoms with Crippen LogP contribution < -0.4 is 0 Å². The summed E-state index contributed by atoms with van der Waals surface area (Å²) in [5, 5.41) is 0. The van der Waals surface area contributed by atoms with Gasteiger partial charge in [-0.3, -0.25) is 0 Å². The molecule has 0 aliphatic heterocycles. The summed E-state index contributed by atoms with van der Waals surface area (Å²) in [7, 11) is -3.51. The van der Waals surface area contributed by atoms with E-state index in [-0.39, 0.29) is 16.9 Å². The third-order valence-corrected chi connectivity index (χ3v) is 5.40. The zero-order valence-electron chi connectivity index (χ0n) is 13.3. The molecule has 0 N–H and O–H groups in total. The van der Waals surface area contributed by atoms with E-state index in [9.17, 15) is 13.2 Å². The van der Waals surface area contributed by atoms with Gasteiger partial charge < -0.3 is 4.74 Å². The van der Waals surface area contributed by atoms with E-state index in [0.29, 0.717) is 18.7 Å². The summed E-state index contributed by atoms with van der Waals surface area (Å²) in [6.07, 6.45) is 1.85. The minimum absolute atomic E-state index is 0.122. The number of ether oxygens (including phenoxy) is 1. The number of rotatable bonds is 7. The van der Waals surface area contributed by atoms with E-state index in [0.717, 1.165) is 12.8 Å². The molecule has 0 spiro atoms. The predicted octanol–water partition coefficient (Wildman–Crippen LogP) is 2.67. The van der Waals surface area contributed by atoms with Crippen LogP contribution in [0.15, 0.2) is 29.2 Å². The standard InChI is InChI=1S/C16H23NO4S/c1-4-21-16(18)13-5-9-15(10-6-13)22(19,20)17(11-12(2)3)14-7-8-14/h5-6,9-10,12,14H,4,7-8,11H2,1-3H3. The number of benzene rings is 1. The SMILES string of the molecule is CCOC(=O)c1ccc(S(=O)(=O)N(CC(C)C)C2CC2)cc1. The molecule has 1 aromatic rings. The minimum atomic E-state index is -3.51. The van der Waals surface area contributed by atoms with Gasteiger partial charge in [-0.15, -0.1) is 0 Å². The van der Waals surface area contributed by atoms with Crippen LogP contribution in [0.25, 0.3) is 0 Å². The Hall–Kier alpha value is -1.40. The summed E-state index contributed by atoms with van der Waals surface area (Å²) >= 11 is 0. The lowest BCUT2D eigenvalue weighted by atomic mass is 10.2. The monoisotopic (exact) mass is 325 g/mol. The van der Waals surface area contributed by atoms with Crippen LogP contribution in [0.2, 0.25) is 0 Å². The molecule has 2 rings (SSSR count). The Labute approximate surface area is 132 Å². The second-order valence-electron chi connectivity index (χ2n) is 5.94. The van der Waals surface area contributed by atoms with Gasteiger partial charge in [0.1, 0.15) is 0 Å². The third kappa shape index (κ3) is 3.87. The van der Waals surface area contributed by atoms with Crippen molar-refractivity contribution in [1.29, 1.82) is 0 Å². The van der Waals surface area contributed by atoms with Gasteiger partial charge in [-0.1, -0.05) is 13.8 Å². The molecule has 0 radical (unpaired) electrons. The molecule has 5 nitrogen and oxygen atoms in total. The second kappa shape index (κ2) is 6.79. The van der Waals surface area contributed by atoms with Crippen LogP contribution in [0.5, 0.6) is 0 Å². The molecule has 0 amide bonds. The number of nitrogens with zero attached hydrogens (tertiary/aromatic N) is 1. The molecule has 6 heteroatoms. The maximum atomic E-state index is 12.8. The van der Waals surface area contributed by atoms with Gasteiger partial charge in [0.05, 0.1) is 17.1 Å². The molecule has 1 aliphatic carbocycles. The zero-order valence-corrected chi connectivity index (χ0v) is 14.1. The Balaban J connectivity index is 2.23. The molecule has 0 heterocycles. The van der Waals surface area contributed by atoms with Crippen LogP contribution in [0.4, 0.5) is 0 Å². The Morgan fingerprint density at radius 1 is 1.27 bits per heavy atom. The maximum absolute atomic E-state index is 12.8. The number of carbonyl (C=O) groups excluding carboxylic acids is 1. The first kappa shape index (κ1) is 17.0. The lowest BCUT2D eigenvalue weighted by molar-refractivity contribution is 0.0526. The smallest absolute Gasteiger partial charge is 0.338 e. The third-order valence-electron chi connectivity index (χ3n) is 3.47. The van der Waals surface area contributed by atoms with Gasteiger partial charge in [0.15, 0.2) is 0 Å². The minimum Gasteiger partial charge on any atom is -0.462 e. The molecule has 0 aromatic heterocycles. The van der Waals surface area contributed by atoms with Crippen molar-refractivity contribution in [2.24, 2.45) is 5.92 Å². The first-order valence-corrected chi connectivity index (χ1v) is 9.09. The van der Waals surface area contributed by atoms with Crippen LogP contribution in [0.1, 0.15) is 44.0 Å². The number of hydrogen-bond acceptors (Lipinski definition) is 4. The van der Waals surface area contributed by atoms with Gasteiger partial charge in [-0.25, -0.2) is 13.2 Å². The van der Waals surface area contributed by atoms with Gasteiger partial charge in [0, 0.05) is 12.6 Å². The number of hydrogen-bond donors (Lipinski definition) is 0. The average molecular weight is 325 g/mol. The van der Waals surface area contributed by atoms with Crippen LogP contribution in [-0.2, 0) is 14.8 Å². The molecule has 0 saturated heterocycles. The highest BCUT2D eigenvalue weighted by Gasteiger charge is 2.38. The highest BCUT2D eigenvalue weighted by Crippen LogP contribution is 2.32. The van der Waals surface area contributed by atoms with Gasteiger partial charge in [0.25, 0.3) is 0 Å². The van der Waals surface area contributed by atoms with Crippen molar-refractivity contribution in [2.45, 2.75) is 44.6 Å². The van der Waals surface area contributed by atoms with Gasteiger partial charge in [0.2, 0.25) is 10.0 Å². The van der Waals surface area contributed by atoms with Crippen LogP contribution >= 0.6 is 0 Å². The average Bonchev–Trinajstić information content (AvgIpc) is 3.29. The predicted molar refractivity (Wildman–Crippen MR) is 84.2 cm³/mol. The van der Waals surface area contributed by atoms with Gasteiger partial charge in [-0.05, 0) is 49.9 Å². The molecule has 1 aliphatic rings. The quantitative estimate of drug-likeness (QED) is 0.723. The molecule has 0 bridgehead atoms. The summed E-state index contributed by atoms with van der Waals surface area (Å²) in [4.78, 5) is 11.9. The van der Waals surface area contributed by atoms with Crippen molar-refractivity contribution in [2.75, 3.05) is 13.2 Å². The highest BCUT2D eigenvalue weighted by molar-refractivity contribution is 7.89. The summed E-state index contributed by atoms with van der Waals surface area (Å²) in [5.41, 5.74) is 0.364. The van der Waals surface area contributed by atoms with E-state index >= 15 is 0 Å². The fourth-order valence-corrected chi connectivity index (χ4v) is 4.13. The lowest BCUT2D eigenvalue weighted by Crippen LogP contribution is -2.36. The Morgan fingerprint density at radius 3 is 2.32 bits per heavy atom. The Morgan fingerprint density at radius 2 is 1.86 bits per heavy atom. The molecule has 1 saturated carbocycles.